The highest BCUT2D eigenvalue weighted by Gasteiger charge is 2.57. The summed E-state index contributed by atoms with van der Waals surface area (Å²) in [6, 6.07) is 2.12. The second-order valence-corrected chi connectivity index (χ2v) is 10.7. The number of rotatable bonds is 10. The highest BCUT2D eigenvalue weighted by molar-refractivity contribution is 9.10. The fraction of sp³-hybridized carbons (Fsp3) is 0.560. The average Bonchev–Trinajstić information content (AvgIpc) is 2.73. The summed E-state index contributed by atoms with van der Waals surface area (Å²) in [5.41, 5.74) is 1.13. The van der Waals surface area contributed by atoms with Crippen LogP contribution in [0.3, 0.4) is 0 Å². The fourth-order valence-corrected chi connectivity index (χ4v) is 3.65. The molecule has 0 radical (unpaired) electrons. The van der Waals surface area contributed by atoms with Crippen molar-refractivity contribution in [2.24, 2.45) is 11.7 Å². The molecule has 0 fully saturated rings. The van der Waals surface area contributed by atoms with Gasteiger partial charge < -0.3 is 20.9 Å². The number of halogens is 4. The maximum Gasteiger partial charge on any atom is 0.422 e. The molecule has 37 heavy (non-hydrogen) atoms. The molecular weight excluding hydrogens is 559 g/mol. The number of nitrogens with two attached hydrogens (primary N) is 1. The van der Waals surface area contributed by atoms with E-state index in [1.807, 2.05) is 0 Å². The number of amides is 2. The molecule has 0 aliphatic rings. The predicted octanol–water partition coefficient (Wildman–Crippen LogP) is 2.91. The predicted molar refractivity (Wildman–Crippen MR) is 135 cm³/mol. The number of ether oxygens (including phenoxy) is 1. The van der Waals surface area contributed by atoms with Crippen molar-refractivity contribution >= 4 is 33.7 Å². The number of primary amides is 1. The van der Waals surface area contributed by atoms with Crippen LogP contribution in [0.2, 0.25) is 0 Å². The van der Waals surface area contributed by atoms with Crippen LogP contribution in [-0.2, 0) is 24.7 Å². The third kappa shape index (κ3) is 9.98. The Labute approximate surface area is 223 Å². The fourth-order valence-electron chi connectivity index (χ4n) is 3.39. The number of carbonyl (C=O) groups excluding carboxylic acids is 3. The molecule has 0 heterocycles. The van der Waals surface area contributed by atoms with Crippen LogP contribution >= 0.6 is 15.9 Å². The van der Waals surface area contributed by atoms with Gasteiger partial charge in [0.1, 0.15) is 18.2 Å². The summed E-state index contributed by atoms with van der Waals surface area (Å²) in [5.74, 6) is 0.983. The first-order valence-corrected chi connectivity index (χ1v) is 12.2. The van der Waals surface area contributed by atoms with E-state index in [1.54, 1.807) is 34.6 Å². The molecule has 8 nitrogen and oxygen atoms in total. The van der Waals surface area contributed by atoms with Crippen molar-refractivity contribution in [2.75, 3.05) is 6.61 Å². The molecule has 5 N–H and O–H groups in total. The van der Waals surface area contributed by atoms with Gasteiger partial charge in [0.2, 0.25) is 17.4 Å². The lowest BCUT2D eigenvalue weighted by Gasteiger charge is -2.36. The van der Waals surface area contributed by atoms with Gasteiger partial charge in [-0.3, -0.25) is 19.7 Å². The minimum Gasteiger partial charge on any atom is -0.460 e. The highest BCUT2D eigenvalue weighted by atomic mass is 79.9. The molecule has 206 valence electrons. The van der Waals surface area contributed by atoms with Crippen LogP contribution in [0, 0.1) is 17.8 Å². The van der Waals surface area contributed by atoms with Crippen molar-refractivity contribution < 1.29 is 37.4 Å². The molecule has 0 aromatic heterocycles. The van der Waals surface area contributed by atoms with E-state index in [2.05, 4.69) is 38.4 Å². The number of esters is 1. The Hall–Kier alpha value is -2.62. The van der Waals surface area contributed by atoms with E-state index in [9.17, 15) is 27.6 Å². The van der Waals surface area contributed by atoms with E-state index < -0.39 is 60.2 Å². The topological polar surface area (TPSA) is 131 Å². The summed E-state index contributed by atoms with van der Waals surface area (Å²) in [7, 11) is 0. The average molecular weight is 592 g/mol. The summed E-state index contributed by atoms with van der Waals surface area (Å²) in [6.45, 7) is 7.37. The minimum atomic E-state index is -5.03. The third-order valence-electron chi connectivity index (χ3n) is 4.92. The molecule has 1 rings (SSSR count). The van der Waals surface area contributed by atoms with Crippen molar-refractivity contribution in [1.29, 1.82) is 0 Å². The largest absolute Gasteiger partial charge is 0.460 e. The molecule has 0 bridgehead atoms. The smallest absolute Gasteiger partial charge is 0.422 e. The van der Waals surface area contributed by atoms with Gasteiger partial charge >= 0.3 is 12.1 Å². The van der Waals surface area contributed by atoms with E-state index in [0.717, 1.165) is 0 Å². The summed E-state index contributed by atoms with van der Waals surface area (Å²) in [6.07, 6.45) is -5.72. The number of alkyl halides is 3. The third-order valence-corrected chi connectivity index (χ3v) is 5.45. The maximum atomic E-state index is 14.6. The Balaban J connectivity index is 3.46. The zero-order chi connectivity index (χ0) is 28.6. The minimum absolute atomic E-state index is 0.0844. The molecule has 0 saturated carbocycles. The van der Waals surface area contributed by atoms with Gasteiger partial charge in [-0.05, 0) is 50.8 Å². The van der Waals surface area contributed by atoms with E-state index >= 15 is 0 Å². The molecule has 1 aromatic rings. The summed E-state index contributed by atoms with van der Waals surface area (Å²) < 4.78 is 49.6. The van der Waals surface area contributed by atoms with Crippen molar-refractivity contribution in [3.63, 3.8) is 0 Å². The molecule has 3 atom stereocenters. The normalized spacial score (nSPS) is 15.1. The van der Waals surface area contributed by atoms with E-state index in [-0.39, 0.29) is 17.9 Å². The van der Waals surface area contributed by atoms with Crippen LogP contribution in [0.15, 0.2) is 28.7 Å². The molecular formula is C25H33BrF3N3O5. The number of nitrogens with one attached hydrogen (secondary N) is 2. The number of benzene rings is 1. The van der Waals surface area contributed by atoms with Crippen molar-refractivity contribution in [3.8, 4) is 11.8 Å². The van der Waals surface area contributed by atoms with Crippen LogP contribution in [0.25, 0.3) is 0 Å². The number of hydrogen-bond donors (Lipinski definition) is 4. The second-order valence-electron chi connectivity index (χ2n) is 9.80. The van der Waals surface area contributed by atoms with Crippen molar-refractivity contribution in [2.45, 2.75) is 76.9 Å². The van der Waals surface area contributed by atoms with Crippen molar-refractivity contribution in [1.82, 2.24) is 10.6 Å². The number of aliphatic hydroxyl groups is 1. The quantitative estimate of drug-likeness (QED) is 0.244. The monoisotopic (exact) mass is 591 g/mol. The van der Waals surface area contributed by atoms with Crippen LogP contribution in [0.1, 0.15) is 53.0 Å². The number of hydrogen-bond acceptors (Lipinski definition) is 6. The first-order chi connectivity index (χ1) is 16.9. The van der Waals surface area contributed by atoms with E-state index in [1.165, 1.54) is 24.3 Å². The Morgan fingerprint density at radius 1 is 1.11 bits per heavy atom. The lowest BCUT2D eigenvalue weighted by Crippen LogP contribution is -2.61. The Morgan fingerprint density at radius 2 is 1.68 bits per heavy atom. The number of carbonyl (C=O) groups is 3. The van der Waals surface area contributed by atoms with Gasteiger partial charge in [0.05, 0.1) is 12.5 Å². The van der Waals surface area contributed by atoms with Gasteiger partial charge in [0.25, 0.3) is 0 Å². The molecule has 0 aliphatic heterocycles. The van der Waals surface area contributed by atoms with Crippen molar-refractivity contribution in [3.05, 3.63) is 34.3 Å². The zero-order valence-electron chi connectivity index (χ0n) is 21.3. The lowest BCUT2D eigenvalue weighted by atomic mass is 9.87. The van der Waals surface area contributed by atoms with Gasteiger partial charge in [0.15, 0.2) is 0 Å². The van der Waals surface area contributed by atoms with Crippen LogP contribution in [0.5, 0.6) is 0 Å². The summed E-state index contributed by atoms with van der Waals surface area (Å²) >= 11 is 3.18. The Morgan fingerprint density at radius 3 is 2.11 bits per heavy atom. The van der Waals surface area contributed by atoms with E-state index in [4.69, 9.17) is 15.6 Å². The maximum absolute atomic E-state index is 14.6. The van der Waals surface area contributed by atoms with Gasteiger partial charge in [0, 0.05) is 4.47 Å². The van der Waals surface area contributed by atoms with Gasteiger partial charge in [-0.15, -0.1) is 0 Å². The molecule has 0 saturated heterocycles. The molecule has 12 heteroatoms. The number of aliphatic hydroxyl groups excluding tert-OH is 1. The second kappa shape index (κ2) is 13.3. The Bertz CT molecular complexity index is 1010. The van der Waals surface area contributed by atoms with Gasteiger partial charge in [-0.2, -0.15) is 13.2 Å². The summed E-state index contributed by atoms with van der Waals surface area (Å²) in [4.78, 5) is 37.4. The highest BCUT2D eigenvalue weighted by Crippen LogP contribution is 2.40. The van der Waals surface area contributed by atoms with E-state index in [0.29, 0.717) is 4.47 Å². The lowest BCUT2D eigenvalue weighted by molar-refractivity contribution is -0.185. The standard InChI is InChI=1S/C25H33BrF3N3O5/c1-15(2)13-19(22(36)31-18(21(30)35)14-20(34)37-23(3,4)5)32-24(11-6-12-33,25(27,28)29)16-7-9-17(26)10-8-16/h7-10,15,18-19,32-33H,12-14H2,1-5H3,(H2,30,35)(H,31,36)/t18-,19-,24-/m0/s1. The van der Waals surface area contributed by atoms with Gasteiger partial charge in [-0.1, -0.05) is 53.8 Å². The molecule has 0 aliphatic carbocycles. The first-order valence-electron chi connectivity index (χ1n) is 11.4. The zero-order valence-corrected chi connectivity index (χ0v) is 22.9. The summed E-state index contributed by atoms with van der Waals surface area (Å²) in [5, 5.41) is 13.8. The molecule has 2 amide bonds. The van der Waals surface area contributed by atoms with Crippen LogP contribution < -0.4 is 16.4 Å². The SMILES string of the molecule is CC(C)C[C@H](N[C@@](C#CCO)(c1ccc(Br)cc1)C(F)(F)F)C(=O)N[C@@H](CC(=O)OC(C)(C)C)C(N)=O. The van der Waals surface area contributed by atoms with Crippen LogP contribution in [-0.4, -0.2) is 53.4 Å². The molecule has 0 spiro atoms. The first kappa shape index (κ1) is 32.4. The van der Waals surface area contributed by atoms with Gasteiger partial charge in [-0.25, -0.2) is 0 Å². The van der Waals surface area contributed by atoms with Crippen LogP contribution in [0.4, 0.5) is 13.2 Å². The molecule has 0 unspecified atom stereocenters. The molecule has 1 aromatic carbocycles. The Kier molecular flexibility index (Phi) is 11.6.